The van der Waals surface area contributed by atoms with Crippen LogP contribution in [0.3, 0.4) is 0 Å². The molecule has 2 N–H and O–H groups in total. The molecule has 0 spiro atoms. The van der Waals surface area contributed by atoms with Gasteiger partial charge in [0.2, 0.25) is 0 Å². The van der Waals surface area contributed by atoms with E-state index in [1.54, 1.807) is 0 Å². The molecule has 184 valence electrons. The summed E-state index contributed by atoms with van der Waals surface area (Å²) in [6, 6.07) is 6.40. The fourth-order valence-corrected chi connectivity index (χ4v) is 5.79. The lowest BCUT2D eigenvalue weighted by Gasteiger charge is -2.39. The van der Waals surface area contributed by atoms with E-state index in [-0.39, 0.29) is 0 Å². The van der Waals surface area contributed by atoms with Crippen molar-refractivity contribution in [3.05, 3.63) is 76.9 Å². The van der Waals surface area contributed by atoms with E-state index in [2.05, 4.69) is 53.2 Å². The lowest BCUT2D eigenvalue weighted by atomic mass is 9.83. The van der Waals surface area contributed by atoms with Gasteiger partial charge in [-0.2, -0.15) is 9.89 Å². The number of unbranched alkanes of at least 4 members (excludes halogenated alkanes) is 1. The molecule has 1 saturated heterocycles. The number of hydrogen-bond acceptors (Lipinski definition) is 5. The second-order valence-corrected chi connectivity index (χ2v) is 10.2. The van der Waals surface area contributed by atoms with E-state index in [1.165, 1.54) is 28.9 Å². The van der Waals surface area contributed by atoms with Crippen LogP contribution in [-0.4, -0.2) is 50.9 Å². The first-order valence-electron chi connectivity index (χ1n) is 12.7. The minimum atomic E-state index is 0.363. The van der Waals surface area contributed by atoms with Crippen molar-refractivity contribution < 1.29 is 0 Å². The van der Waals surface area contributed by atoms with E-state index in [0.717, 1.165) is 90.3 Å². The third-order valence-electron chi connectivity index (χ3n) is 7.64. The van der Waals surface area contributed by atoms with Crippen molar-refractivity contribution in [1.29, 1.82) is 0 Å². The topological polar surface area (TPSA) is 63.2 Å². The SMILES string of the molecule is C=C(CCCC)N1CCN(C(=C)c2ccc3c(Cl)c4c(nc3c2)CC(c2cnn(N)c2)CC4)CC1. The number of halogens is 1. The van der Waals surface area contributed by atoms with Crippen LogP contribution in [0, 0.1) is 0 Å². The highest BCUT2D eigenvalue weighted by atomic mass is 35.5. The molecule has 7 heteroatoms. The Morgan fingerprint density at radius 2 is 1.94 bits per heavy atom. The molecule has 3 aromatic rings. The molecule has 1 fully saturated rings. The predicted molar refractivity (Wildman–Crippen MR) is 145 cm³/mol. The summed E-state index contributed by atoms with van der Waals surface area (Å²) in [5, 5.41) is 6.01. The molecule has 35 heavy (non-hydrogen) atoms. The van der Waals surface area contributed by atoms with Crippen LogP contribution < -0.4 is 5.84 Å². The third-order valence-corrected chi connectivity index (χ3v) is 8.07. The van der Waals surface area contributed by atoms with Crippen LogP contribution in [0.2, 0.25) is 5.02 Å². The van der Waals surface area contributed by atoms with E-state index in [9.17, 15) is 0 Å². The van der Waals surface area contributed by atoms with Gasteiger partial charge in [0, 0.05) is 48.7 Å². The summed E-state index contributed by atoms with van der Waals surface area (Å²) in [5.41, 5.74) is 7.80. The highest BCUT2D eigenvalue weighted by molar-refractivity contribution is 6.36. The van der Waals surface area contributed by atoms with Crippen molar-refractivity contribution in [2.45, 2.75) is 51.4 Å². The molecular formula is C28H35ClN6. The molecule has 1 unspecified atom stereocenters. The van der Waals surface area contributed by atoms with E-state index < -0.39 is 0 Å². The predicted octanol–water partition coefficient (Wildman–Crippen LogP) is 5.36. The molecule has 2 aromatic heterocycles. The van der Waals surface area contributed by atoms with E-state index in [0.29, 0.717) is 5.92 Å². The van der Waals surface area contributed by atoms with Gasteiger partial charge < -0.3 is 15.6 Å². The molecule has 3 heterocycles. The third kappa shape index (κ3) is 4.76. The molecule has 0 amide bonds. The monoisotopic (exact) mass is 490 g/mol. The average Bonchev–Trinajstić information content (AvgIpc) is 3.32. The molecule has 1 atom stereocenters. The summed E-state index contributed by atoms with van der Waals surface area (Å²) in [6.07, 6.45) is 10.1. The highest BCUT2D eigenvalue weighted by Gasteiger charge is 2.26. The Bertz CT molecular complexity index is 1250. The Labute approximate surface area is 213 Å². The van der Waals surface area contributed by atoms with Crippen LogP contribution in [0.15, 0.2) is 49.4 Å². The number of allylic oxidation sites excluding steroid dienone is 1. The Morgan fingerprint density at radius 3 is 2.66 bits per heavy atom. The fraction of sp³-hybridized carbons (Fsp3) is 0.429. The van der Waals surface area contributed by atoms with Gasteiger partial charge in [-0.05, 0) is 60.8 Å². The molecule has 0 saturated carbocycles. The number of nitrogen functional groups attached to an aromatic ring is 1. The van der Waals surface area contributed by atoms with Gasteiger partial charge in [-0.15, -0.1) is 0 Å². The van der Waals surface area contributed by atoms with Crippen LogP contribution in [0.1, 0.15) is 60.9 Å². The van der Waals surface area contributed by atoms with Gasteiger partial charge in [0.05, 0.1) is 22.9 Å². The molecule has 1 aliphatic carbocycles. The zero-order chi connectivity index (χ0) is 24.5. The minimum absolute atomic E-state index is 0.363. The van der Waals surface area contributed by atoms with Crippen LogP contribution in [-0.2, 0) is 12.8 Å². The first-order valence-corrected chi connectivity index (χ1v) is 13.1. The Morgan fingerprint density at radius 1 is 1.17 bits per heavy atom. The highest BCUT2D eigenvalue weighted by Crippen LogP contribution is 2.38. The number of fused-ring (bicyclic) bond motifs is 2. The number of hydrogen-bond donors (Lipinski definition) is 1. The number of nitrogens with two attached hydrogens (primary N) is 1. The number of pyridine rings is 1. The van der Waals surface area contributed by atoms with Crippen molar-refractivity contribution in [3.63, 3.8) is 0 Å². The first kappa shape index (κ1) is 23.7. The maximum absolute atomic E-state index is 6.90. The lowest BCUT2D eigenvalue weighted by molar-refractivity contribution is 0.209. The van der Waals surface area contributed by atoms with Crippen LogP contribution in [0.5, 0.6) is 0 Å². The summed E-state index contributed by atoms with van der Waals surface area (Å²) in [6.45, 7) is 14.9. The summed E-state index contributed by atoms with van der Waals surface area (Å²) in [5.74, 6) is 6.14. The van der Waals surface area contributed by atoms with Crippen LogP contribution in [0.25, 0.3) is 16.6 Å². The molecule has 6 nitrogen and oxygen atoms in total. The summed E-state index contributed by atoms with van der Waals surface area (Å²) >= 11 is 6.90. The molecule has 1 aliphatic heterocycles. The second-order valence-electron chi connectivity index (χ2n) is 9.87. The number of nitrogens with zero attached hydrogens (tertiary/aromatic N) is 5. The minimum Gasteiger partial charge on any atom is -0.372 e. The van der Waals surface area contributed by atoms with Gasteiger partial charge >= 0.3 is 0 Å². The number of aromatic nitrogens is 3. The van der Waals surface area contributed by atoms with Gasteiger partial charge in [0.15, 0.2) is 0 Å². The summed E-state index contributed by atoms with van der Waals surface area (Å²) in [4.78, 5) is 11.3. The molecule has 1 aromatic carbocycles. The van der Waals surface area contributed by atoms with Crippen molar-refractivity contribution >= 4 is 28.2 Å². The largest absolute Gasteiger partial charge is 0.372 e. The Hall–Kier alpha value is -2.99. The van der Waals surface area contributed by atoms with Crippen LogP contribution in [0.4, 0.5) is 0 Å². The van der Waals surface area contributed by atoms with Gasteiger partial charge in [-0.25, -0.2) is 0 Å². The zero-order valence-corrected chi connectivity index (χ0v) is 21.4. The molecule has 5 rings (SSSR count). The number of rotatable bonds is 7. The normalized spacial score (nSPS) is 18.1. The molecule has 0 radical (unpaired) electrons. The van der Waals surface area contributed by atoms with E-state index in [4.69, 9.17) is 22.4 Å². The smallest absolute Gasteiger partial charge is 0.0727 e. The Kier molecular flexibility index (Phi) is 6.74. The molecular weight excluding hydrogens is 456 g/mol. The average molecular weight is 491 g/mol. The van der Waals surface area contributed by atoms with E-state index >= 15 is 0 Å². The second kappa shape index (κ2) is 9.94. The lowest BCUT2D eigenvalue weighted by Crippen LogP contribution is -2.44. The summed E-state index contributed by atoms with van der Waals surface area (Å²) < 4.78 is 0. The molecule has 2 aliphatic rings. The first-order chi connectivity index (χ1) is 16.9. The quantitative estimate of drug-likeness (QED) is 0.451. The zero-order valence-electron chi connectivity index (χ0n) is 20.6. The maximum Gasteiger partial charge on any atom is 0.0727 e. The van der Waals surface area contributed by atoms with E-state index in [1.807, 2.05) is 12.4 Å². The Balaban J connectivity index is 1.33. The van der Waals surface area contributed by atoms with Gasteiger partial charge in [0.1, 0.15) is 0 Å². The van der Waals surface area contributed by atoms with Gasteiger partial charge in [0.25, 0.3) is 0 Å². The van der Waals surface area contributed by atoms with Gasteiger partial charge in [-0.1, -0.05) is 50.2 Å². The van der Waals surface area contributed by atoms with Crippen LogP contribution >= 0.6 is 11.6 Å². The standard InChI is InChI=1S/C28H35ClN6/c1-4-5-6-19(2)33-11-13-34(14-12-33)20(3)21-7-9-24-26(15-21)32-27-16-22(8-10-25(27)28(24)29)23-17-31-35(30)18-23/h7,9,15,17-18,22H,2-6,8,10-14,16,30H2,1H3. The van der Waals surface area contributed by atoms with Crippen molar-refractivity contribution in [1.82, 2.24) is 24.7 Å². The van der Waals surface area contributed by atoms with Crippen molar-refractivity contribution in [2.24, 2.45) is 0 Å². The van der Waals surface area contributed by atoms with Crippen molar-refractivity contribution in [3.8, 4) is 0 Å². The fourth-order valence-electron chi connectivity index (χ4n) is 5.43. The summed E-state index contributed by atoms with van der Waals surface area (Å²) in [7, 11) is 0. The van der Waals surface area contributed by atoms with Crippen molar-refractivity contribution in [2.75, 3.05) is 32.0 Å². The maximum atomic E-state index is 6.90. The molecule has 0 bridgehead atoms. The number of benzene rings is 1. The van der Waals surface area contributed by atoms with Gasteiger partial charge in [-0.3, -0.25) is 4.98 Å². The number of piperazine rings is 1.